The van der Waals surface area contributed by atoms with Crippen molar-refractivity contribution in [3.8, 4) is 11.5 Å². The molecule has 0 saturated carbocycles. The zero-order valence-electron chi connectivity index (χ0n) is 11.4. The Morgan fingerprint density at radius 1 is 1.26 bits per heavy atom. The van der Waals surface area contributed by atoms with Gasteiger partial charge in [-0.2, -0.15) is 0 Å². The highest BCUT2D eigenvalue weighted by Gasteiger charge is 2.14. The van der Waals surface area contributed by atoms with E-state index >= 15 is 0 Å². The third-order valence-corrected chi connectivity index (χ3v) is 3.16. The predicted octanol–water partition coefficient (Wildman–Crippen LogP) is 3.18. The van der Waals surface area contributed by atoms with E-state index in [-0.39, 0.29) is 11.1 Å². The molecule has 5 heteroatoms. The number of carbonyl (C=O) groups excluding carboxylic acids is 2. The molecule has 1 aromatic carbocycles. The van der Waals surface area contributed by atoms with E-state index < -0.39 is 0 Å². The Morgan fingerprint density at radius 3 is 2.58 bits per heavy atom. The summed E-state index contributed by atoms with van der Waals surface area (Å²) in [5.74, 6) is 1.10. The molecule has 1 aromatic rings. The molecule has 1 rings (SSSR count). The fourth-order valence-corrected chi connectivity index (χ4v) is 2.01. The van der Waals surface area contributed by atoms with Gasteiger partial charge in [0, 0.05) is 24.7 Å². The maximum absolute atomic E-state index is 11.5. The van der Waals surface area contributed by atoms with Gasteiger partial charge in [0.05, 0.1) is 6.61 Å². The minimum atomic E-state index is -0.318. The van der Waals surface area contributed by atoms with E-state index in [0.29, 0.717) is 30.3 Å². The molecule has 0 amide bonds. The van der Waals surface area contributed by atoms with Crippen molar-refractivity contribution in [1.82, 2.24) is 0 Å². The summed E-state index contributed by atoms with van der Waals surface area (Å²) in [5.41, 5.74) is 0.785. The number of benzene rings is 1. The van der Waals surface area contributed by atoms with E-state index in [4.69, 9.17) is 9.47 Å². The van der Waals surface area contributed by atoms with E-state index in [2.05, 4.69) is 0 Å². The average molecular weight is 282 g/mol. The molecule has 0 fully saturated rings. The van der Waals surface area contributed by atoms with Crippen LogP contribution in [-0.2, 0) is 15.3 Å². The molecule has 104 valence electrons. The van der Waals surface area contributed by atoms with Crippen LogP contribution >= 0.6 is 11.8 Å². The van der Waals surface area contributed by atoms with Crippen LogP contribution in [0.1, 0.15) is 32.8 Å². The molecule has 0 radical (unpaired) electrons. The molecular weight excluding hydrogens is 264 g/mol. The third-order valence-electron chi connectivity index (χ3n) is 2.30. The highest BCUT2D eigenvalue weighted by molar-refractivity contribution is 8.12. The number of hydrogen-bond donors (Lipinski definition) is 0. The van der Waals surface area contributed by atoms with Crippen LogP contribution in [0.5, 0.6) is 11.5 Å². The molecule has 0 heterocycles. The fourth-order valence-electron chi connectivity index (χ4n) is 1.43. The summed E-state index contributed by atoms with van der Waals surface area (Å²) >= 11 is 1.17. The van der Waals surface area contributed by atoms with Crippen LogP contribution in [-0.4, -0.2) is 17.7 Å². The number of para-hydroxylation sites is 1. The van der Waals surface area contributed by atoms with E-state index in [1.54, 1.807) is 13.0 Å². The Hall–Kier alpha value is -1.49. The average Bonchev–Trinajstić information content (AvgIpc) is 2.39. The minimum Gasteiger partial charge on any atom is -0.490 e. The predicted molar refractivity (Wildman–Crippen MR) is 75.5 cm³/mol. The van der Waals surface area contributed by atoms with E-state index in [0.717, 1.165) is 5.56 Å². The van der Waals surface area contributed by atoms with Gasteiger partial charge in [0.15, 0.2) is 16.6 Å². The number of esters is 1. The van der Waals surface area contributed by atoms with Crippen LogP contribution < -0.4 is 9.47 Å². The molecule has 0 aliphatic rings. The minimum absolute atomic E-state index is 0.0228. The number of rotatable bonds is 6. The van der Waals surface area contributed by atoms with Gasteiger partial charge in [0.25, 0.3) is 0 Å². The first-order valence-corrected chi connectivity index (χ1v) is 7.15. The standard InChI is InChI=1S/C14H18O4S/c1-4-13(16)18-14-11(9-19-10(3)15)7-6-8-12(14)17-5-2/h6-8H,4-5,9H2,1-3H3. The fraction of sp³-hybridized carbons (Fsp3) is 0.429. The van der Waals surface area contributed by atoms with Crippen LogP contribution in [0.15, 0.2) is 18.2 Å². The first-order chi connectivity index (χ1) is 9.08. The third kappa shape index (κ3) is 4.95. The second-order valence-electron chi connectivity index (χ2n) is 3.79. The first kappa shape index (κ1) is 15.6. The zero-order valence-corrected chi connectivity index (χ0v) is 12.2. The van der Waals surface area contributed by atoms with Gasteiger partial charge in [0.1, 0.15) is 0 Å². The van der Waals surface area contributed by atoms with Gasteiger partial charge in [-0.1, -0.05) is 30.8 Å². The number of ether oxygens (including phenoxy) is 2. The van der Waals surface area contributed by atoms with Crippen LogP contribution in [0.3, 0.4) is 0 Å². The van der Waals surface area contributed by atoms with Crippen molar-refractivity contribution in [2.45, 2.75) is 32.9 Å². The van der Waals surface area contributed by atoms with Crippen molar-refractivity contribution < 1.29 is 19.1 Å². The van der Waals surface area contributed by atoms with Crippen LogP contribution in [0.4, 0.5) is 0 Å². The van der Waals surface area contributed by atoms with Gasteiger partial charge in [-0.25, -0.2) is 0 Å². The van der Waals surface area contributed by atoms with Gasteiger partial charge >= 0.3 is 5.97 Å². The lowest BCUT2D eigenvalue weighted by Crippen LogP contribution is -2.09. The van der Waals surface area contributed by atoms with Gasteiger partial charge in [0.2, 0.25) is 0 Å². The molecular formula is C14H18O4S. The number of hydrogen-bond acceptors (Lipinski definition) is 5. The van der Waals surface area contributed by atoms with Crippen LogP contribution in [0, 0.1) is 0 Å². The lowest BCUT2D eigenvalue weighted by atomic mass is 10.2. The van der Waals surface area contributed by atoms with Gasteiger partial charge in [-0.3, -0.25) is 9.59 Å². The van der Waals surface area contributed by atoms with Gasteiger partial charge < -0.3 is 9.47 Å². The molecule has 0 bridgehead atoms. The maximum Gasteiger partial charge on any atom is 0.311 e. The van der Waals surface area contributed by atoms with Gasteiger partial charge in [-0.05, 0) is 13.0 Å². The molecule has 0 atom stereocenters. The normalized spacial score (nSPS) is 10.1. The Kier molecular flexibility index (Phi) is 6.42. The summed E-state index contributed by atoms with van der Waals surface area (Å²) in [6.07, 6.45) is 0.291. The van der Waals surface area contributed by atoms with E-state index in [1.807, 2.05) is 19.1 Å². The molecule has 0 aliphatic heterocycles. The Bertz CT molecular complexity index is 457. The molecule has 0 saturated heterocycles. The molecule has 0 spiro atoms. The van der Waals surface area contributed by atoms with Gasteiger partial charge in [-0.15, -0.1) is 0 Å². The summed E-state index contributed by atoms with van der Waals surface area (Å²) in [6.45, 7) is 5.59. The largest absolute Gasteiger partial charge is 0.490 e. The van der Waals surface area contributed by atoms with Crippen LogP contribution in [0.25, 0.3) is 0 Å². The van der Waals surface area contributed by atoms with Crippen molar-refractivity contribution in [3.63, 3.8) is 0 Å². The Labute approximate surface area is 117 Å². The Balaban J connectivity index is 3.02. The lowest BCUT2D eigenvalue weighted by Gasteiger charge is -2.14. The monoisotopic (exact) mass is 282 g/mol. The highest BCUT2D eigenvalue weighted by Crippen LogP contribution is 2.34. The topological polar surface area (TPSA) is 52.6 Å². The van der Waals surface area contributed by atoms with Crippen molar-refractivity contribution in [1.29, 1.82) is 0 Å². The summed E-state index contributed by atoms with van der Waals surface area (Å²) in [7, 11) is 0. The van der Waals surface area contributed by atoms with Crippen molar-refractivity contribution in [2.24, 2.45) is 0 Å². The second kappa shape index (κ2) is 7.84. The zero-order chi connectivity index (χ0) is 14.3. The SMILES string of the molecule is CCOc1cccc(CSC(C)=O)c1OC(=O)CC. The molecule has 4 nitrogen and oxygen atoms in total. The molecule has 0 aliphatic carbocycles. The summed E-state index contributed by atoms with van der Waals surface area (Å²) in [6, 6.07) is 5.41. The highest BCUT2D eigenvalue weighted by atomic mass is 32.2. The summed E-state index contributed by atoms with van der Waals surface area (Å²) in [5, 5.41) is 0.0228. The molecule has 0 N–H and O–H groups in total. The second-order valence-corrected chi connectivity index (χ2v) is 4.94. The smallest absolute Gasteiger partial charge is 0.311 e. The maximum atomic E-state index is 11.5. The van der Waals surface area contributed by atoms with Crippen LogP contribution in [0.2, 0.25) is 0 Å². The van der Waals surface area contributed by atoms with E-state index in [1.165, 1.54) is 18.7 Å². The van der Waals surface area contributed by atoms with Crippen molar-refractivity contribution >= 4 is 22.8 Å². The number of carbonyl (C=O) groups is 2. The van der Waals surface area contributed by atoms with Crippen molar-refractivity contribution in [3.05, 3.63) is 23.8 Å². The summed E-state index contributed by atoms with van der Waals surface area (Å²) in [4.78, 5) is 22.5. The quantitative estimate of drug-likeness (QED) is 0.592. The molecule has 0 aromatic heterocycles. The lowest BCUT2D eigenvalue weighted by molar-refractivity contribution is -0.134. The first-order valence-electron chi connectivity index (χ1n) is 6.17. The molecule has 19 heavy (non-hydrogen) atoms. The molecule has 0 unspecified atom stereocenters. The Morgan fingerprint density at radius 2 is 2.00 bits per heavy atom. The van der Waals surface area contributed by atoms with Crippen molar-refractivity contribution in [2.75, 3.05) is 6.61 Å². The van der Waals surface area contributed by atoms with E-state index in [9.17, 15) is 9.59 Å². The number of thioether (sulfide) groups is 1. The summed E-state index contributed by atoms with van der Waals surface area (Å²) < 4.78 is 10.8.